The molecule has 0 saturated heterocycles. The summed E-state index contributed by atoms with van der Waals surface area (Å²) in [5.41, 5.74) is 0.841. The quantitative estimate of drug-likeness (QED) is 0.538. The molecule has 2 rings (SSSR count). The van der Waals surface area contributed by atoms with Crippen LogP contribution in [0, 0.1) is 0 Å². The molecule has 1 aliphatic carbocycles. The smallest absolute Gasteiger partial charge is 0.239 e. The van der Waals surface area contributed by atoms with E-state index in [1.807, 2.05) is 39.0 Å². The molecule has 0 atom stereocenters. The molecule has 1 aliphatic rings. The predicted molar refractivity (Wildman–Crippen MR) is 105 cm³/mol. The minimum absolute atomic E-state index is 0.0644. The van der Waals surface area contributed by atoms with Crippen molar-refractivity contribution in [1.29, 1.82) is 0 Å². The van der Waals surface area contributed by atoms with E-state index in [0.29, 0.717) is 18.6 Å². The first-order valence-electron chi connectivity index (χ1n) is 9.37. The standard InChI is InChI=1S/C20H32N4O2/c1-20(2,3)24-18(25)14-23-19(21-4)22-13-15-9-5-8-12-17(15)26-16-10-6-7-11-16/h5,8-9,12,16H,6-7,10-11,13-14H2,1-4H3,(H,24,25)(H2,21,22,23). The van der Waals surface area contributed by atoms with Crippen LogP contribution in [0.15, 0.2) is 29.3 Å². The van der Waals surface area contributed by atoms with Crippen LogP contribution < -0.4 is 20.7 Å². The molecule has 0 heterocycles. The lowest BCUT2D eigenvalue weighted by atomic mass is 10.1. The summed E-state index contributed by atoms with van der Waals surface area (Å²) in [7, 11) is 1.69. The van der Waals surface area contributed by atoms with E-state index in [1.165, 1.54) is 12.8 Å². The maximum Gasteiger partial charge on any atom is 0.239 e. The first-order valence-corrected chi connectivity index (χ1v) is 9.37. The van der Waals surface area contributed by atoms with Crippen molar-refractivity contribution in [3.05, 3.63) is 29.8 Å². The highest BCUT2D eigenvalue weighted by molar-refractivity contribution is 5.86. The van der Waals surface area contributed by atoms with Gasteiger partial charge >= 0.3 is 0 Å². The SMILES string of the molecule is CN=C(NCC(=O)NC(C)(C)C)NCc1ccccc1OC1CCCC1. The fourth-order valence-corrected chi connectivity index (χ4v) is 2.98. The molecular formula is C20H32N4O2. The van der Waals surface area contributed by atoms with Crippen LogP contribution in [0.5, 0.6) is 5.75 Å². The Balaban J connectivity index is 1.85. The van der Waals surface area contributed by atoms with Crippen molar-refractivity contribution in [2.75, 3.05) is 13.6 Å². The highest BCUT2D eigenvalue weighted by Gasteiger charge is 2.18. The number of hydrogen-bond acceptors (Lipinski definition) is 3. The molecular weight excluding hydrogens is 328 g/mol. The van der Waals surface area contributed by atoms with Gasteiger partial charge in [0.25, 0.3) is 0 Å². The van der Waals surface area contributed by atoms with Gasteiger partial charge in [-0.25, -0.2) is 0 Å². The normalized spacial score (nSPS) is 15.6. The molecule has 6 nitrogen and oxygen atoms in total. The lowest BCUT2D eigenvalue weighted by molar-refractivity contribution is -0.121. The summed E-state index contributed by atoms with van der Waals surface area (Å²) in [6, 6.07) is 8.07. The number of ether oxygens (including phenoxy) is 1. The van der Waals surface area contributed by atoms with Crippen LogP contribution >= 0.6 is 0 Å². The summed E-state index contributed by atoms with van der Waals surface area (Å²) < 4.78 is 6.16. The summed E-state index contributed by atoms with van der Waals surface area (Å²) >= 11 is 0. The van der Waals surface area contributed by atoms with Gasteiger partial charge in [0.05, 0.1) is 12.6 Å². The Morgan fingerprint density at radius 1 is 1.19 bits per heavy atom. The summed E-state index contributed by atoms with van der Waals surface area (Å²) in [5.74, 6) is 1.45. The molecule has 0 unspecified atom stereocenters. The number of aliphatic imine (C=N–C) groups is 1. The zero-order valence-corrected chi connectivity index (χ0v) is 16.4. The topological polar surface area (TPSA) is 74.8 Å². The van der Waals surface area contributed by atoms with Gasteiger partial charge in [-0.15, -0.1) is 0 Å². The van der Waals surface area contributed by atoms with Gasteiger partial charge in [0, 0.05) is 24.7 Å². The number of amides is 1. The highest BCUT2D eigenvalue weighted by Crippen LogP contribution is 2.26. The van der Waals surface area contributed by atoms with Crippen molar-refractivity contribution in [2.45, 2.75) is 64.6 Å². The van der Waals surface area contributed by atoms with E-state index in [4.69, 9.17) is 4.74 Å². The average Bonchev–Trinajstić information content (AvgIpc) is 3.08. The number of hydrogen-bond donors (Lipinski definition) is 3. The van der Waals surface area contributed by atoms with E-state index in [9.17, 15) is 4.79 Å². The van der Waals surface area contributed by atoms with E-state index in [2.05, 4.69) is 27.0 Å². The fourth-order valence-electron chi connectivity index (χ4n) is 2.98. The summed E-state index contributed by atoms with van der Waals surface area (Å²) in [6.45, 7) is 6.64. The molecule has 26 heavy (non-hydrogen) atoms. The minimum Gasteiger partial charge on any atom is -0.490 e. The monoisotopic (exact) mass is 360 g/mol. The first-order chi connectivity index (χ1) is 12.4. The average molecular weight is 361 g/mol. The maximum atomic E-state index is 11.9. The molecule has 6 heteroatoms. The van der Waals surface area contributed by atoms with Crippen molar-refractivity contribution >= 4 is 11.9 Å². The van der Waals surface area contributed by atoms with Crippen molar-refractivity contribution in [2.24, 2.45) is 4.99 Å². The lowest BCUT2D eigenvalue weighted by Gasteiger charge is -2.21. The van der Waals surface area contributed by atoms with Crippen molar-refractivity contribution in [1.82, 2.24) is 16.0 Å². The number of rotatable bonds is 6. The molecule has 1 aromatic rings. The Bertz CT molecular complexity index is 616. The minimum atomic E-state index is -0.244. The Hall–Kier alpha value is -2.24. The molecule has 144 valence electrons. The van der Waals surface area contributed by atoms with Gasteiger partial charge in [-0.1, -0.05) is 18.2 Å². The molecule has 1 aromatic carbocycles. The van der Waals surface area contributed by atoms with Crippen LogP contribution in [0.4, 0.5) is 0 Å². The molecule has 3 N–H and O–H groups in total. The Morgan fingerprint density at radius 3 is 2.54 bits per heavy atom. The summed E-state index contributed by atoms with van der Waals surface area (Å²) in [4.78, 5) is 16.1. The van der Waals surface area contributed by atoms with Crippen LogP contribution in [-0.2, 0) is 11.3 Å². The van der Waals surface area contributed by atoms with E-state index in [-0.39, 0.29) is 18.0 Å². The van der Waals surface area contributed by atoms with Crippen LogP contribution in [0.25, 0.3) is 0 Å². The van der Waals surface area contributed by atoms with Gasteiger partial charge < -0.3 is 20.7 Å². The predicted octanol–water partition coefficient (Wildman–Crippen LogP) is 2.59. The van der Waals surface area contributed by atoms with Crippen LogP contribution in [0.2, 0.25) is 0 Å². The fraction of sp³-hybridized carbons (Fsp3) is 0.600. The molecule has 0 bridgehead atoms. The second kappa shape index (κ2) is 9.46. The second-order valence-electron chi connectivity index (χ2n) is 7.71. The molecule has 0 aliphatic heterocycles. The third-order valence-electron chi connectivity index (χ3n) is 4.17. The van der Waals surface area contributed by atoms with Crippen molar-refractivity contribution in [3.8, 4) is 5.75 Å². The number of carbonyl (C=O) groups excluding carboxylic acids is 1. The molecule has 1 amide bonds. The van der Waals surface area contributed by atoms with E-state index >= 15 is 0 Å². The van der Waals surface area contributed by atoms with Gasteiger partial charge in [0.1, 0.15) is 5.75 Å². The Kier molecular flexibility index (Phi) is 7.30. The van der Waals surface area contributed by atoms with Gasteiger partial charge in [0.2, 0.25) is 5.91 Å². The van der Waals surface area contributed by atoms with Crippen molar-refractivity contribution < 1.29 is 9.53 Å². The van der Waals surface area contributed by atoms with E-state index in [1.54, 1.807) is 7.05 Å². The number of guanidine groups is 1. The second-order valence-corrected chi connectivity index (χ2v) is 7.71. The van der Waals surface area contributed by atoms with E-state index < -0.39 is 0 Å². The molecule has 0 radical (unpaired) electrons. The first kappa shape index (κ1) is 20.1. The number of para-hydroxylation sites is 1. The highest BCUT2D eigenvalue weighted by atomic mass is 16.5. The number of benzene rings is 1. The summed E-state index contributed by atoms with van der Waals surface area (Å²) in [5, 5.41) is 9.21. The van der Waals surface area contributed by atoms with Crippen LogP contribution in [0.3, 0.4) is 0 Å². The van der Waals surface area contributed by atoms with Gasteiger partial charge in [-0.3, -0.25) is 9.79 Å². The molecule has 0 spiro atoms. The molecule has 1 saturated carbocycles. The van der Waals surface area contributed by atoms with Crippen molar-refractivity contribution in [3.63, 3.8) is 0 Å². The van der Waals surface area contributed by atoms with Crippen LogP contribution in [-0.4, -0.2) is 37.1 Å². The Morgan fingerprint density at radius 2 is 1.88 bits per heavy atom. The lowest BCUT2D eigenvalue weighted by Crippen LogP contribution is -2.48. The third kappa shape index (κ3) is 6.94. The third-order valence-corrected chi connectivity index (χ3v) is 4.17. The molecule has 1 fully saturated rings. The summed E-state index contributed by atoms with van der Waals surface area (Å²) in [6.07, 6.45) is 5.09. The van der Waals surface area contributed by atoms with Crippen LogP contribution in [0.1, 0.15) is 52.0 Å². The Labute approximate surface area is 156 Å². The maximum absolute atomic E-state index is 11.9. The van der Waals surface area contributed by atoms with Gasteiger partial charge in [-0.2, -0.15) is 0 Å². The number of carbonyl (C=O) groups is 1. The zero-order valence-electron chi connectivity index (χ0n) is 16.4. The zero-order chi connectivity index (χ0) is 19.0. The molecule has 0 aromatic heterocycles. The largest absolute Gasteiger partial charge is 0.490 e. The van der Waals surface area contributed by atoms with E-state index in [0.717, 1.165) is 24.2 Å². The van der Waals surface area contributed by atoms with Gasteiger partial charge in [0.15, 0.2) is 5.96 Å². The van der Waals surface area contributed by atoms with Gasteiger partial charge in [-0.05, 0) is 52.5 Å². The number of nitrogens with one attached hydrogen (secondary N) is 3. The number of nitrogens with zero attached hydrogens (tertiary/aromatic N) is 1.